The average molecular weight is 431 g/mol. The second-order valence-corrected chi connectivity index (χ2v) is 8.84. The molecule has 31 heavy (non-hydrogen) atoms. The highest BCUT2D eigenvalue weighted by atomic mass is 16.2. The van der Waals surface area contributed by atoms with E-state index in [4.69, 9.17) is 5.73 Å². The van der Waals surface area contributed by atoms with Gasteiger partial charge in [0.2, 0.25) is 0 Å². The number of hydrogen-bond acceptors (Lipinski definition) is 4. The van der Waals surface area contributed by atoms with Crippen molar-refractivity contribution in [1.29, 1.82) is 0 Å². The van der Waals surface area contributed by atoms with Gasteiger partial charge >= 0.3 is 6.03 Å². The van der Waals surface area contributed by atoms with Gasteiger partial charge in [0.05, 0.1) is 0 Å². The number of nitrogens with one attached hydrogen (secondary N) is 1. The fourth-order valence-electron chi connectivity index (χ4n) is 3.78. The van der Waals surface area contributed by atoms with Crippen LogP contribution in [0.1, 0.15) is 70.4 Å². The number of benzene rings is 1. The van der Waals surface area contributed by atoms with Crippen LogP contribution in [0.4, 0.5) is 4.79 Å². The summed E-state index contributed by atoms with van der Waals surface area (Å²) in [6, 6.07) is 7.51. The quantitative estimate of drug-likeness (QED) is 0.407. The molecule has 0 aliphatic heterocycles. The summed E-state index contributed by atoms with van der Waals surface area (Å²) in [7, 11) is 0. The molecule has 1 unspecified atom stereocenters. The van der Waals surface area contributed by atoms with Gasteiger partial charge in [0.1, 0.15) is 17.3 Å². The fraction of sp³-hybridized carbons (Fsp3) is 0.600. The maximum atomic E-state index is 13.0. The molecule has 1 aromatic rings. The standard InChI is InChI=1S/C25H38N2O4/c1-17(2)22(13-9-19(4)28)24(30)16-21(6-5-15-27-25(26)31)23(29)14-12-20-10-7-18(3)8-11-20/h7-8,10-11,17,21-22H,5-6,9,12-16H2,1-4H3,(H3,26,27,31)/t21-,22?/m1/s1. The molecule has 0 bridgehead atoms. The summed E-state index contributed by atoms with van der Waals surface area (Å²) < 4.78 is 0. The zero-order valence-corrected chi connectivity index (χ0v) is 19.4. The van der Waals surface area contributed by atoms with E-state index in [1.54, 1.807) is 0 Å². The van der Waals surface area contributed by atoms with Crippen LogP contribution in [-0.2, 0) is 20.8 Å². The summed E-state index contributed by atoms with van der Waals surface area (Å²) >= 11 is 0. The second-order valence-electron chi connectivity index (χ2n) is 8.84. The molecule has 0 heterocycles. The minimum atomic E-state index is -0.595. The van der Waals surface area contributed by atoms with Gasteiger partial charge in [-0.1, -0.05) is 43.7 Å². The molecular formula is C25H38N2O4. The molecule has 2 amide bonds. The molecular weight excluding hydrogens is 392 g/mol. The Morgan fingerprint density at radius 1 is 0.968 bits per heavy atom. The number of hydrogen-bond donors (Lipinski definition) is 2. The zero-order chi connectivity index (χ0) is 23.4. The van der Waals surface area contributed by atoms with Crippen LogP contribution in [0.15, 0.2) is 24.3 Å². The van der Waals surface area contributed by atoms with Crippen LogP contribution < -0.4 is 11.1 Å². The topological polar surface area (TPSA) is 106 Å². The number of Topliss-reactive ketones (excluding diaryl/α,β-unsaturated/α-hetero) is 3. The molecule has 3 N–H and O–H groups in total. The van der Waals surface area contributed by atoms with Crippen LogP contribution >= 0.6 is 0 Å². The van der Waals surface area contributed by atoms with Gasteiger partial charge in [0, 0.05) is 37.6 Å². The van der Waals surface area contributed by atoms with Crippen molar-refractivity contribution in [1.82, 2.24) is 5.32 Å². The number of urea groups is 1. The lowest BCUT2D eigenvalue weighted by Gasteiger charge is -2.22. The molecule has 2 atom stereocenters. The molecule has 0 aliphatic carbocycles. The first kappa shape index (κ1) is 26.5. The Labute approximate surface area is 186 Å². The van der Waals surface area contributed by atoms with Gasteiger partial charge in [0.15, 0.2) is 0 Å². The van der Waals surface area contributed by atoms with Crippen molar-refractivity contribution in [2.45, 2.75) is 72.6 Å². The lowest BCUT2D eigenvalue weighted by molar-refractivity contribution is -0.131. The molecule has 0 saturated carbocycles. The van der Waals surface area contributed by atoms with Crippen LogP contribution in [0, 0.1) is 24.7 Å². The van der Waals surface area contributed by atoms with Crippen molar-refractivity contribution < 1.29 is 19.2 Å². The van der Waals surface area contributed by atoms with E-state index < -0.39 is 6.03 Å². The predicted molar refractivity (Wildman–Crippen MR) is 123 cm³/mol. The summed E-state index contributed by atoms with van der Waals surface area (Å²) in [5, 5.41) is 2.54. The minimum Gasteiger partial charge on any atom is -0.352 e. The molecule has 0 saturated heterocycles. The normalized spacial score (nSPS) is 12.9. The SMILES string of the molecule is CC(=O)CCC(C(=O)C[C@@H](CCCNC(N)=O)C(=O)CCc1ccc(C)cc1)C(C)C. The lowest BCUT2D eigenvalue weighted by Crippen LogP contribution is -2.31. The number of primary amides is 1. The van der Waals surface area contributed by atoms with Gasteiger partial charge in [-0.3, -0.25) is 9.59 Å². The Morgan fingerprint density at radius 3 is 2.16 bits per heavy atom. The van der Waals surface area contributed by atoms with Gasteiger partial charge in [-0.25, -0.2) is 4.79 Å². The van der Waals surface area contributed by atoms with Crippen LogP contribution in [0.2, 0.25) is 0 Å². The number of carbonyl (C=O) groups excluding carboxylic acids is 4. The number of carbonyl (C=O) groups is 4. The second kappa shape index (κ2) is 13.7. The van der Waals surface area contributed by atoms with Crippen molar-refractivity contribution in [3.05, 3.63) is 35.4 Å². The molecule has 6 nitrogen and oxygen atoms in total. The monoisotopic (exact) mass is 430 g/mol. The molecule has 0 radical (unpaired) electrons. The maximum absolute atomic E-state index is 13.0. The van der Waals surface area contributed by atoms with E-state index >= 15 is 0 Å². The van der Waals surface area contributed by atoms with E-state index in [9.17, 15) is 19.2 Å². The van der Waals surface area contributed by atoms with Crippen LogP contribution in [0.25, 0.3) is 0 Å². The van der Waals surface area contributed by atoms with Gasteiger partial charge < -0.3 is 15.8 Å². The molecule has 0 spiro atoms. The lowest BCUT2D eigenvalue weighted by atomic mass is 9.80. The van der Waals surface area contributed by atoms with Gasteiger partial charge in [-0.05, 0) is 51.0 Å². The summed E-state index contributed by atoms with van der Waals surface area (Å²) in [6.07, 6.45) is 3.21. The number of nitrogens with two attached hydrogens (primary N) is 1. The first-order valence-corrected chi connectivity index (χ1v) is 11.2. The van der Waals surface area contributed by atoms with E-state index in [-0.39, 0.29) is 41.5 Å². The molecule has 1 rings (SSSR count). The van der Waals surface area contributed by atoms with Crippen LogP contribution in [0.3, 0.4) is 0 Å². The summed E-state index contributed by atoms with van der Waals surface area (Å²) in [5.41, 5.74) is 7.37. The van der Waals surface area contributed by atoms with Crippen molar-refractivity contribution in [2.75, 3.05) is 6.54 Å². The van der Waals surface area contributed by atoms with Gasteiger partial charge in [-0.15, -0.1) is 0 Å². The fourth-order valence-corrected chi connectivity index (χ4v) is 3.78. The van der Waals surface area contributed by atoms with E-state index in [1.807, 2.05) is 45.0 Å². The third-order valence-electron chi connectivity index (χ3n) is 5.74. The molecule has 172 valence electrons. The van der Waals surface area contributed by atoms with Crippen molar-refractivity contribution in [2.24, 2.45) is 23.5 Å². The average Bonchev–Trinajstić information content (AvgIpc) is 2.69. The Kier molecular flexibility index (Phi) is 11.8. The van der Waals surface area contributed by atoms with Crippen molar-refractivity contribution >= 4 is 23.4 Å². The third kappa shape index (κ3) is 10.9. The number of aryl methyl sites for hydroxylation is 2. The molecule has 0 fully saturated rings. The van der Waals surface area contributed by atoms with E-state index in [2.05, 4.69) is 5.32 Å². The molecule has 0 aliphatic rings. The maximum Gasteiger partial charge on any atom is 0.312 e. The number of ketones is 3. The van der Waals surface area contributed by atoms with Gasteiger partial charge in [-0.2, -0.15) is 0 Å². The largest absolute Gasteiger partial charge is 0.352 e. The Bertz CT molecular complexity index is 740. The molecule has 1 aromatic carbocycles. The third-order valence-corrected chi connectivity index (χ3v) is 5.74. The van der Waals surface area contributed by atoms with Crippen LogP contribution in [-0.4, -0.2) is 29.9 Å². The number of rotatable bonds is 15. The summed E-state index contributed by atoms with van der Waals surface area (Å²) in [4.78, 5) is 48.3. The van der Waals surface area contributed by atoms with Crippen molar-refractivity contribution in [3.8, 4) is 0 Å². The summed E-state index contributed by atoms with van der Waals surface area (Å²) in [5.74, 6) is -0.297. The van der Waals surface area contributed by atoms with Crippen LogP contribution in [0.5, 0.6) is 0 Å². The first-order valence-electron chi connectivity index (χ1n) is 11.2. The van der Waals surface area contributed by atoms with Gasteiger partial charge in [0.25, 0.3) is 0 Å². The smallest absolute Gasteiger partial charge is 0.312 e. The minimum absolute atomic E-state index is 0.0489. The first-order chi connectivity index (χ1) is 14.6. The van der Waals surface area contributed by atoms with E-state index in [0.29, 0.717) is 45.1 Å². The van der Waals surface area contributed by atoms with E-state index in [1.165, 1.54) is 12.5 Å². The highest BCUT2D eigenvalue weighted by molar-refractivity contribution is 5.89. The van der Waals surface area contributed by atoms with Crippen molar-refractivity contribution in [3.63, 3.8) is 0 Å². The molecule has 0 aromatic heterocycles. The Hall–Kier alpha value is -2.50. The van der Waals surface area contributed by atoms with E-state index in [0.717, 1.165) is 5.56 Å². The Balaban J connectivity index is 2.78. The summed E-state index contributed by atoms with van der Waals surface area (Å²) in [6.45, 7) is 7.89. The number of amides is 2. The Morgan fingerprint density at radius 2 is 1.61 bits per heavy atom. The highest BCUT2D eigenvalue weighted by Gasteiger charge is 2.28. The molecule has 6 heteroatoms. The predicted octanol–water partition coefficient (Wildman–Crippen LogP) is 4.16. The zero-order valence-electron chi connectivity index (χ0n) is 19.4. The highest BCUT2D eigenvalue weighted by Crippen LogP contribution is 2.25.